The molecule has 0 saturated heterocycles. The maximum Gasteiger partial charge on any atom is 0.220 e. The van der Waals surface area contributed by atoms with Crippen molar-refractivity contribution in [1.82, 2.24) is 4.90 Å². The number of halogens is 3. The third-order valence-electron chi connectivity index (χ3n) is 3.87. The summed E-state index contributed by atoms with van der Waals surface area (Å²) in [6, 6.07) is 14.1. The lowest BCUT2D eigenvalue weighted by Crippen LogP contribution is -2.44. The maximum absolute atomic E-state index is 13.4. The van der Waals surface area contributed by atoms with Gasteiger partial charge in [-0.3, -0.25) is 0 Å². The number of aliphatic imine (C=N–C) groups is 2. The first-order valence-corrected chi connectivity index (χ1v) is 8.49. The third-order valence-corrected chi connectivity index (χ3v) is 4.18. The Bertz CT molecular complexity index is 832. The van der Waals surface area contributed by atoms with E-state index in [0.29, 0.717) is 31.3 Å². The van der Waals surface area contributed by atoms with Gasteiger partial charge in [0.05, 0.1) is 11.6 Å². The van der Waals surface area contributed by atoms with Gasteiger partial charge < -0.3 is 21.1 Å². The molecule has 0 spiro atoms. The number of nitrogens with zero attached hydrogens (tertiary/aromatic N) is 3. The summed E-state index contributed by atoms with van der Waals surface area (Å²) in [5, 5.41) is 0.0656. The summed E-state index contributed by atoms with van der Waals surface area (Å²) in [6.45, 7) is 0.938. The number of nitrogens with two attached hydrogens (primary N) is 2. The van der Waals surface area contributed by atoms with Gasteiger partial charge in [0.1, 0.15) is 11.6 Å². The zero-order valence-electron chi connectivity index (χ0n) is 14.4. The van der Waals surface area contributed by atoms with Gasteiger partial charge in [0.15, 0.2) is 6.17 Å². The number of rotatable bonds is 6. The minimum atomic E-state index is -0.509. The normalized spacial score (nSPS) is 16.2. The standard InChI is InChI=1S/C18H19ClFN5O.ClH/c19-14-8-7-13(11-15(14)20)26-10-4-9-25-16(12-5-2-1-3-6-12)23-17(21)24-18(25)22;/h1-3,5-8,11,16H,4,9-10H2,(H4,21,22,23,24);1H. The quantitative estimate of drug-likeness (QED) is 0.713. The fraction of sp³-hybridized carbons (Fsp3) is 0.222. The fourth-order valence-corrected chi connectivity index (χ4v) is 2.76. The van der Waals surface area contributed by atoms with Crippen molar-refractivity contribution >= 4 is 35.9 Å². The average molecular weight is 412 g/mol. The summed E-state index contributed by atoms with van der Waals surface area (Å²) in [5.74, 6) is 0.379. The van der Waals surface area contributed by atoms with Gasteiger partial charge in [0.25, 0.3) is 0 Å². The van der Waals surface area contributed by atoms with Gasteiger partial charge in [-0.25, -0.2) is 9.38 Å². The highest BCUT2D eigenvalue weighted by Crippen LogP contribution is 2.25. The molecule has 3 rings (SSSR count). The van der Waals surface area contributed by atoms with Crippen LogP contribution in [0.2, 0.25) is 5.02 Å². The zero-order chi connectivity index (χ0) is 18.5. The first kappa shape index (κ1) is 20.8. The molecular formula is C18H20Cl2FN5O. The van der Waals surface area contributed by atoms with Crippen molar-refractivity contribution in [2.75, 3.05) is 13.2 Å². The van der Waals surface area contributed by atoms with Crippen molar-refractivity contribution in [3.63, 3.8) is 0 Å². The van der Waals surface area contributed by atoms with E-state index >= 15 is 0 Å². The molecule has 0 radical (unpaired) electrons. The second-order valence-electron chi connectivity index (χ2n) is 5.71. The van der Waals surface area contributed by atoms with Crippen LogP contribution >= 0.6 is 24.0 Å². The summed E-state index contributed by atoms with van der Waals surface area (Å²) in [7, 11) is 0. The van der Waals surface area contributed by atoms with Gasteiger partial charge in [-0.2, -0.15) is 4.99 Å². The Morgan fingerprint density at radius 2 is 1.89 bits per heavy atom. The Hall–Kier alpha value is -2.51. The zero-order valence-corrected chi connectivity index (χ0v) is 16.0. The van der Waals surface area contributed by atoms with E-state index in [1.165, 1.54) is 12.1 Å². The number of hydrogen-bond acceptors (Lipinski definition) is 6. The topological polar surface area (TPSA) is 89.2 Å². The van der Waals surface area contributed by atoms with Crippen molar-refractivity contribution in [3.05, 3.63) is 64.9 Å². The third kappa shape index (κ3) is 5.24. The number of ether oxygens (including phenoxy) is 1. The van der Waals surface area contributed by atoms with Gasteiger partial charge in [-0.1, -0.05) is 41.9 Å². The van der Waals surface area contributed by atoms with Crippen LogP contribution in [-0.2, 0) is 0 Å². The van der Waals surface area contributed by atoms with E-state index in [0.717, 1.165) is 5.56 Å². The number of hydrogen-bond donors (Lipinski definition) is 2. The largest absolute Gasteiger partial charge is 0.493 e. The molecule has 0 aromatic heterocycles. The molecule has 1 atom stereocenters. The second-order valence-corrected chi connectivity index (χ2v) is 6.12. The van der Waals surface area contributed by atoms with Gasteiger partial charge >= 0.3 is 0 Å². The van der Waals surface area contributed by atoms with Crippen LogP contribution in [0.5, 0.6) is 5.75 Å². The van der Waals surface area contributed by atoms with Crippen LogP contribution in [0.3, 0.4) is 0 Å². The summed E-state index contributed by atoms with van der Waals surface area (Å²) in [5.41, 5.74) is 12.8. The molecular weight excluding hydrogens is 392 g/mol. The van der Waals surface area contributed by atoms with E-state index in [4.69, 9.17) is 27.8 Å². The monoisotopic (exact) mass is 411 g/mol. The molecule has 0 bridgehead atoms. The van der Waals surface area contributed by atoms with Gasteiger partial charge in [-0.05, 0) is 24.1 Å². The van der Waals surface area contributed by atoms with E-state index in [-0.39, 0.29) is 29.6 Å². The molecule has 1 aliphatic heterocycles. The molecule has 144 valence electrons. The summed E-state index contributed by atoms with van der Waals surface area (Å²) in [4.78, 5) is 10.3. The van der Waals surface area contributed by atoms with E-state index in [9.17, 15) is 4.39 Å². The highest BCUT2D eigenvalue weighted by atomic mass is 35.5. The predicted molar refractivity (Wildman–Crippen MR) is 108 cm³/mol. The Kier molecular flexibility index (Phi) is 7.27. The summed E-state index contributed by atoms with van der Waals surface area (Å²) < 4.78 is 19.0. The Morgan fingerprint density at radius 3 is 2.59 bits per heavy atom. The van der Waals surface area contributed by atoms with Crippen LogP contribution in [-0.4, -0.2) is 30.0 Å². The van der Waals surface area contributed by atoms with Crippen molar-refractivity contribution in [2.24, 2.45) is 21.5 Å². The number of benzene rings is 2. The smallest absolute Gasteiger partial charge is 0.220 e. The molecule has 0 aliphatic carbocycles. The van der Waals surface area contributed by atoms with E-state index in [1.54, 1.807) is 6.07 Å². The van der Waals surface area contributed by atoms with Gasteiger partial charge in [0.2, 0.25) is 11.9 Å². The van der Waals surface area contributed by atoms with Crippen LogP contribution < -0.4 is 16.2 Å². The summed E-state index contributed by atoms with van der Waals surface area (Å²) in [6.07, 6.45) is 0.306. The lowest BCUT2D eigenvalue weighted by Gasteiger charge is -2.32. The molecule has 2 aromatic rings. The van der Waals surface area contributed by atoms with E-state index in [2.05, 4.69) is 9.98 Å². The molecule has 0 fully saturated rings. The average Bonchev–Trinajstić information content (AvgIpc) is 2.63. The highest BCUT2D eigenvalue weighted by molar-refractivity contribution is 6.30. The van der Waals surface area contributed by atoms with Crippen LogP contribution in [0.15, 0.2) is 58.5 Å². The SMILES string of the molecule is Cl.NC1=NC(c2ccccc2)N(CCCOc2ccc(Cl)c(F)c2)C(N)=N1. The van der Waals surface area contributed by atoms with Crippen LogP contribution in [0.25, 0.3) is 0 Å². The molecule has 1 heterocycles. The van der Waals surface area contributed by atoms with E-state index in [1.807, 2.05) is 35.2 Å². The first-order chi connectivity index (χ1) is 12.5. The van der Waals surface area contributed by atoms with Crippen LogP contribution in [0, 0.1) is 5.82 Å². The lowest BCUT2D eigenvalue weighted by molar-refractivity contribution is 0.257. The maximum atomic E-state index is 13.4. The molecule has 0 amide bonds. The van der Waals surface area contributed by atoms with Gasteiger partial charge in [-0.15, -0.1) is 12.4 Å². The van der Waals surface area contributed by atoms with Crippen molar-refractivity contribution in [3.8, 4) is 5.75 Å². The molecule has 2 aromatic carbocycles. The summed E-state index contributed by atoms with van der Waals surface area (Å²) >= 11 is 5.66. The molecule has 6 nitrogen and oxygen atoms in total. The van der Waals surface area contributed by atoms with Crippen molar-refractivity contribution in [2.45, 2.75) is 12.6 Å². The predicted octanol–water partition coefficient (Wildman–Crippen LogP) is 3.31. The lowest BCUT2D eigenvalue weighted by atomic mass is 10.1. The molecule has 27 heavy (non-hydrogen) atoms. The molecule has 1 aliphatic rings. The number of guanidine groups is 2. The molecule has 1 unspecified atom stereocenters. The van der Waals surface area contributed by atoms with Crippen molar-refractivity contribution in [1.29, 1.82) is 0 Å². The van der Waals surface area contributed by atoms with E-state index < -0.39 is 5.82 Å². The molecule has 9 heteroatoms. The Labute approximate surface area is 168 Å². The van der Waals surface area contributed by atoms with Gasteiger partial charge in [0, 0.05) is 12.6 Å². The highest BCUT2D eigenvalue weighted by Gasteiger charge is 2.25. The molecule has 0 saturated carbocycles. The minimum Gasteiger partial charge on any atom is -0.493 e. The van der Waals surface area contributed by atoms with Crippen LogP contribution in [0.1, 0.15) is 18.2 Å². The minimum absolute atomic E-state index is 0. The van der Waals surface area contributed by atoms with Crippen molar-refractivity contribution < 1.29 is 9.13 Å². The second kappa shape index (κ2) is 9.43. The Morgan fingerprint density at radius 1 is 1.15 bits per heavy atom. The van der Waals surface area contributed by atoms with Crippen LogP contribution in [0.4, 0.5) is 4.39 Å². The first-order valence-electron chi connectivity index (χ1n) is 8.11. The Balaban J connectivity index is 0.00000261. The molecule has 4 N–H and O–H groups in total. The fourth-order valence-electron chi connectivity index (χ4n) is 2.64.